The standard InChI is InChI=1S/C12H18BrNO3/c1-9(14-17-7-6-15-2)10-4-5-12(16-3)11(13)8-10/h4-5,8-9,14H,6-7H2,1-3H3. The van der Waals surface area contributed by atoms with Crippen molar-refractivity contribution < 1.29 is 14.3 Å². The molecule has 1 atom stereocenters. The molecule has 0 saturated carbocycles. The summed E-state index contributed by atoms with van der Waals surface area (Å²) in [5.74, 6) is 0.821. The normalized spacial score (nSPS) is 12.5. The fraction of sp³-hybridized carbons (Fsp3) is 0.500. The summed E-state index contributed by atoms with van der Waals surface area (Å²) in [6.45, 7) is 3.13. The Kier molecular flexibility index (Phi) is 6.50. The number of halogens is 1. The highest BCUT2D eigenvalue weighted by atomic mass is 79.9. The molecule has 0 bridgehead atoms. The summed E-state index contributed by atoms with van der Waals surface area (Å²) in [7, 11) is 3.29. The quantitative estimate of drug-likeness (QED) is 0.621. The monoisotopic (exact) mass is 303 g/mol. The lowest BCUT2D eigenvalue weighted by Gasteiger charge is -2.15. The predicted octanol–water partition coefficient (Wildman–Crippen LogP) is 2.69. The highest BCUT2D eigenvalue weighted by Gasteiger charge is 2.08. The van der Waals surface area contributed by atoms with Crippen LogP contribution in [0.3, 0.4) is 0 Å². The molecular formula is C12H18BrNO3. The van der Waals surface area contributed by atoms with Crippen molar-refractivity contribution in [3.63, 3.8) is 0 Å². The third-order valence-electron chi connectivity index (χ3n) is 2.33. The number of benzene rings is 1. The number of hydroxylamine groups is 1. The van der Waals surface area contributed by atoms with E-state index in [1.165, 1.54) is 0 Å². The van der Waals surface area contributed by atoms with Gasteiger partial charge in [-0.15, -0.1) is 0 Å². The second-order valence-corrected chi connectivity index (χ2v) is 4.43. The van der Waals surface area contributed by atoms with Crippen LogP contribution in [0.15, 0.2) is 22.7 Å². The van der Waals surface area contributed by atoms with Crippen molar-refractivity contribution in [1.82, 2.24) is 5.48 Å². The van der Waals surface area contributed by atoms with Crippen molar-refractivity contribution in [1.29, 1.82) is 0 Å². The van der Waals surface area contributed by atoms with Gasteiger partial charge in [-0.1, -0.05) is 6.07 Å². The maximum Gasteiger partial charge on any atom is 0.133 e. The van der Waals surface area contributed by atoms with E-state index in [0.29, 0.717) is 13.2 Å². The van der Waals surface area contributed by atoms with E-state index in [4.69, 9.17) is 14.3 Å². The molecule has 0 aliphatic carbocycles. The first-order chi connectivity index (χ1) is 8.19. The molecule has 96 valence electrons. The molecule has 1 N–H and O–H groups in total. The number of methoxy groups -OCH3 is 2. The molecule has 0 aromatic heterocycles. The number of rotatable bonds is 7. The third-order valence-corrected chi connectivity index (χ3v) is 2.95. The highest BCUT2D eigenvalue weighted by molar-refractivity contribution is 9.10. The molecule has 0 aliphatic heterocycles. The number of hydrogen-bond donors (Lipinski definition) is 1. The molecule has 1 aromatic carbocycles. The van der Waals surface area contributed by atoms with Gasteiger partial charge in [-0.2, -0.15) is 5.48 Å². The lowest BCUT2D eigenvalue weighted by atomic mass is 10.1. The summed E-state index contributed by atoms with van der Waals surface area (Å²) in [6.07, 6.45) is 0. The summed E-state index contributed by atoms with van der Waals surface area (Å²) in [6, 6.07) is 6.04. The molecule has 0 spiro atoms. The minimum Gasteiger partial charge on any atom is -0.496 e. The van der Waals surface area contributed by atoms with Gasteiger partial charge >= 0.3 is 0 Å². The molecule has 4 nitrogen and oxygen atoms in total. The first-order valence-electron chi connectivity index (χ1n) is 5.38. The van der Waals surface area contributed by atoms with E-state index >= 15 is 0 Å². The summed E-state index contributed by atoms with van der Waals surface area (Å²) < 4.78 is 11.0. The fourth-order valence-corrected chi connectivity index (χ4v) is 1.89. The van der Waals surface area contributed by atoms with Gasteiger partial charge in [0.2, 0.25) is 0 Å². The van der Waals surface area contributed by atoms with E-state index in [0.717, 1.165) is 15.8 Å². The van der Waals surface area contributed by atoms with Crippen LogP contribution in [0.4, 0.5) is 0 Å². The first kappa shape index (κ1) is 14.4. The van der Waals surface area contributed by atoms with Gasteiger partial charge in [0.1, 0.15) is 5.75 Å². The second kappa shape index (κ2) is 7.66. The Labute approximate surface area is 110 Å². The lowest BCUT2D eigenvalue weighted by molar-refractivity contribution is -0.00926. The van der Waals surface area contributed by atoms with E-state index in [2.05, 4.69) is 21.4 Å². The van der Waals surface area contributed by atoms with Crippen molar-refractivity contribution in [2.45, 2.75) is 13.0 Å². The maximum absolute atomic E-state index is 5.27. The van der Waals surface area contributed by atoms with Crippen molar-refractivity contribution in [2.24, 2.45) is 0 Å². The molecule has 0 heterocycles. The molecule has 1 unspecified atom stereocenters. The third kappa shape index (κ3) is 4.63. The van der Waals surface area contributed by atoms with Gasteiger partial charge < -0.3 is 9.47 Å². The number of nitrogens with one attached hydrogen (secondary N) is 1. The van der Waals surface area contributed by atoms with Gasteiger partial charge in [0.05, 0.1) is 30.8 Å². The Morgan fingerprint density at radius 3 is 2.65 bits per heavy atom. The van der Waals surface area contributed by atoms with E-state index in [1.807, 2.05) is 25.1 Å². The van der Waals surface area contributed by atoms with Crippen LogP contribution < -0.4 is 10.2 Å². The SMILES string of the molecule is COCCONC(C)c1ccc(OC)c(Br)c1. The minimum atomic E-state index is 0.106. The smallest absolute Gasteiger partial charge is 0.133 e. The average Bonchev–Trinajstić information content (AvgIpc) is 2.34. The molecule has 0 amide bonds. The Bertz CT molecular complexity index is 347. The lowest BCUT2D eigenvalue weighted by Crippen LogP contribution is -2.21. The Morgan fingerprint density at radius 2 is 2.06 bits per heavy atom. The Morgan fingerprint density at radius 1 is 1.29 bits per heavy atom. The van der Waals surface area contributed by atoms with E-state index in [1.54, 1.807) is 14.2 Å². The van der Waals surface area contributed by atoms with E-state index in [9.17, 15) is 0 Å². The second-order valence-electron chi connectivity index (χ2n) is 3.57. The van der Waals surface area contributed by atoms with Crippen LogP contribution in [0.25, 0.3) is 0 Å². The van der Waals surface area contributed by atoms with Crippen molar-refractivity contribution in [2.75, 3.05) is 27.4 Å². The van der Waals surface area contributed by atoms with Crippen LogP contribution in [-0.2, 0) is 9.57 Å². The van der Waals surface area contributed by atoms with E-state index in [-0.39, 0.29) is 6.04 Å². The van der Waals surface area contributed by atoms with Crippen LogP contribution in [0.1, 0.15) is 18.5 Å². The molecule has 0 radical (unpaired) electrons. The minimum absolute atomic E-state index is 0.106. The molecule has 1 aromatic rings. The fourth-order valence-electron chi connectivity index (χ4n) is 1.33. The molecule has 1 rings (SSSR count). The van der Waals surface area contributed by atoms with Crippen LogP contribution in [0, 0.1) is 0 Å². The van der Waals surface area contributed by atoms with Crippen LogP contribution in [0.2, 0.25) is 0 Å². The summed E-state index contributed by atoms with van der Waals surface area (Å²) in [5.41, 5.74) is 4.08. The Balaban J connectivity index is 2.51. The highest BCUT2D eigenvalue weighted by Crippen LogP contribution is 2.27. The number of hydrogen-bond acceptors (Lipinski definition) is 4. The predicted molar refractivity (Wildman–Crippen MR) is 70.1 cm³/mol. The maximum atomic E-state index is 5.27. The van der Waals surface area contributed by atoms with Crippen molar-refractivity contribution >= 4 is 15.9 Å². The molecule has 0 saturated heterocycles. The van der Waals surface area contributed by atoms with Gasteiger partial charge in [-0.25, -0.2) is 0 Å². The average molecular weight is 304 g/mol. The zero-order chi connectivity index (χ0) is 12.7. The van der Waals surface area contributed by atoms with Gasteiger partial charge in [-0.3, -0.25) is 4.84 Å². The van der Waals surface area contributed by atoms with Crippen molar-refractivity contribution in [3.8, 4) is 5.75 Å². The number of ether oxygens (including phenoxy) is 2. The molecule has 5 heteroatoms. The van der Waals surface area contributed by atoms with Crippen LogP contribution in [0.5, 0.6) is 5.75 Å². The zero-order valence-electron chi connectivity index (χ0n) is 10.3. The van der Waals surface area contributed by atoms with Crippen LogP contribution in [-0.4, -0.2) is 27.4 Å². The molecule has 17 heavy (non-hydrogen) atoms. The summed E-state index contributed by atoms with van der Waals surface area (Å²) in [5, 5.41) is 0. The summed E-state index contributed by atoms with van der Waals surface area (Å²) in [4.78, 5) is 5.27. The van der Waals surface area contributed by atoms with Crippen LogP contribution >= 0.6 is 15.9 Å². The first-order valence-corrected chi connectivity index (χ1v) is 6.18. The van der Waals surface area contributed by atoms with Gasteiger partial charge in [0.15, 0.2) is 0 Å². The van der Waals surface area contributed by atoms with Crippen molar-refractivity contribution in [3.05, 3.63) is 28.2 Å². The topological polar surface area (TPSA) is 39.7 Å². The van der Waals surface area contributed by atoms with Gasteiger partial charge in [0.25, 0.3) is 0 Å². The van der Waals surface area contributed by atoms with Gasteiger partial charge in [0, 0.05) is 7.11 Å². The molecular weight excluding hydrogens is 286 g/mol. The van der Waals surface area contributed by atoms with E-state index < -0.39 is 0 Å². The van der Waals surface area contributed by atoms with Gasteiger partial charge in [-0.05, 0) is 40.5 Å². The zero-order valence-corrected chi connectivity index (χ0v) is 11.9. The largest absolute Gasteiger partial charge is 0.496 e. The Hall–Kier alpha value is -0.620. The molecule has 0 aliphatic rings. The molecule has 0 fully saturated rings. The summed E-state index contributed by atoms with van der Waals surface area (Å²) >= 11 is 3.46.